The molecule has 0 saturated heterocycles. The third-order valence-electron chi connectivity index (χ3n) is 3.15. The van der Waals surface area contributed by atoms with Gasteiger partial charge in [-0.05, 0) is 31.0 Å². The first-order valence-electron chi connectivity index (χ1n) is 6.07. The summed E-state index contributed by atoms with van der Waals surface area (Å²) in [6, 6.07) is 1.06. The fraction of sp³-hybridized carbons (Fsp3) is 0.500. The van der Waals surface area contributed by atoms with E-state index in [0.717, 1.165) is 16.6 Å². The van der Waals surface area contributed by atoms with Crippen LogP contribution in [0.2, 0.25) is 0 Å². The molecule has 0 heterocycles. The highest BCUT2D eigenvalue weighted by Gasteiger charge is 2.27. The van der Waals surface area contributed by atoms with E-state index >= 15 is 0 Å². The van der Waals surface area contributed by atoms with Crippen LogP contribution in [0.25, 0.3) is 0 Å². The Morgan fingerprint density at radius 3 is 2.24 bits per heavy atom. The Hall–Kier alpha value is -1.19. The molecular formula is C12H19FN2O4S2. The number of nitrogen functional groups attached to an aromatic ring is 1. The third kappa shape index (κ3) is 3.92. The van der Waals surface area contributed by atoms with E-state index in [1.165, 1.54) is 20.9 Å². The van der Waals surface area contributed by atoms with Crippen LogP contribution in [0.3, 0.4) is 0 Å². The fourth-order valence-corrected chi connectivity index (χ4v) is 4.22. The standard InChI is InChI=1S/C12H19FN2O4S2/c1-8-7-10(13)11(14)9(2)12(8)21(18,19)15(3)5-6-20(4,16)17/h7H,5-6,14H2,1-4H3. The van der Waals surface area contributed by atoms with Gasteiger partial charge in [-0.15, -0.1) is 0 Å². The molecule has 1 aromatic carbocycles. The molecule has 0 atom stereocenters. The summed E-state index contributed by atoms with van der Waals surface area (Å²) in [6.45, 7) is 2.70. The Balaban J connectivity index is 3.29. The minimum atomic E-state index is -3.94. The Labute approximate surface area is 124 Å². The average molecular weight is 338 g/mol. The van der Waals surface area contributed by atoms with Gasteiger partial charge in [-0.1, -0.05) is 0 Å². The van der Waals surface area contributed by atoms with Gasteiger partial charge >= 0.3 is 0 Å². The molecule has 0 fully saturated rings. The van der Waals surface area contributed by atoms with Crippen molar-refractivity contribution in [1.29, 1.82) is 0 Å². The normalized spacial score (nSPS) is 12.9. The lowest BCUT2D eigenvalue weighted by Gasteiger charge is -2.20. The first kappa shape index (κ1) is 17.9. The van der Waals surface area contributed by atoms with Gasteiger partial charge in [-0.2, -0.15) is 4.31 Å². The molecule has 1 rings (SSSR count). The molecular weight excluding hydrogens is 319 g/mol. The van der Waals surface area contributed by atoms with E-state index < -0.39 is 25.7 Å². The number of anilines is 1. The van der Waals surface area contributed by atoms with Crippen molar-refractivity contribution >= 4 is 25.5 Å². The highest BCUT2D eigenvalue weighted by atomic mass is 32.2. The van der Waals surface area contributed by atoms with Gasteiger partial charge in [0.2, 0.25) is 10.0 Å². The summed E-state index contributed by atoms with van der Waals surface area (Å²) in [4.78, 5) is -0.0857. The first-order valence-corrected chi connectivity index (χ1v) is 9.57. The van der Waals surface area contributed by atoms with Crippen LogP contribution in [0.5, 0.6) is 0 Å². The van der Waals surface area contributed by atoms with Gasteiger partial charge in [0.1, 0.15) is 15.7 Å². The molecule has 0 aliphatic heterocycles. The van der Waals surface area contributed by atoms with Crippen LogP contribution < -0.4 is 5.73 Å². The molecule has 0 amide bonds. The zero-order valence-electron chi connectivity index (χ0n) is 12.3. The summed E-state index contributed by atoms with van der Waals surface area (Å²) in [6.07, 6.45) is 1.03. The van der Waals surface area contributed by atoms with Gasteiger partial charge < -0.3 is 5.73 Å². The average Bonchev–Trinajstić information content (AvgIpc) is 2.31. The van der Waals surface area contributed by atoms with E-state index in [1.54, 1.807) is 0 Å². The van der Waals surface area contributed by atoms with E-state index in [2.05, 4.69) is 0 Å². The van der Waals surface area contributed by atoms with Crippen molar-refractivity contribution in [3.8, 4) is 0 Å². The maximum atomic E-state index is 13.5. The molecule has 0 spiro atoms. The molecule has 6 nitrogen and oxygen atoms in total. The number of hydrogen-bond acceptors (Lipinski definition) is 5. The second-order valence-electron chi connectivity index (χ2n) is 5.00. The van der Waals surface area contributed by atoms with Gasteiger partial charge in [-0.25, -0.2) is 21.2 Å². The van der Waals surface area contributed by atoms with Crippen molar-refractivity contribution in [1.82, 2.24) is 4.31 Å². The van der Waals surface area contributed by atoms with Crippen molar-refractivity contribution in [2.75, 3.05) is 31.3 Å². The highest BCUT2D eigenvalue weighted by Crippen LogP contribution is 2.29. The SMILES string of the molecule is Cc1cc(F)c(N)c(C)c1S(=O)(=O)N(C)CCS(C)(=O)=O. The summed E-state index contributed by atoms with van der Waals surface area (Å²) in [5, 5.41) is 0. The number of benzene rings is 1. The molecule has 21 heavy (non-hydrogen) atoms. The number of rotatable bonds is 5. The van der Waals surface area contributed by atoms with E-state index in [0.29, 0.717) is 0 Å². The van der Waals surface area contributed by atoms with Crippen LogP contribution >= 0.6 is 0 Å². The van der Waals surface area contributed by atoms with E-state index in [9.17, 15) is 21.2 Å². The highest BCUT2D eigenvalue weighted by molar-refractivity contribution is 7.91. The van der Waals surface area contributed by atoms with Crippen molar-refractivity contribution in [3.63, 3.8) is 0 Å². The summed E-state index contributed by atoms with van der Waals surface area (Å²) >= 11 is 0. The summed E-state index contributed by atoms with van der Waals surface area (Å²) in [7, 11) is -5.95. The lowest BCUT2D eigenvalue weighted by molar-refractivity contribution is 0.483. The molecule has 0 aliphatic carbocycles. The Kier molecular flexibility index (Phi) is 5.01. The van der Waals surface area contributed by atoms with Crippen LogP contribution in [-0.4, -0.2) is 46.7 Å². The fourth-order valence-electron chi connectivity index (χ4n) is 1.90. The number of sulfonamides is 1. The van der Waals surface area contributed by atoms with Gasteiger partial charge in [0.25, 0.3) is 0 Å². The number of nitrogens with zero attached hydrogens (tertiary/aromatic N) is 1. The number of hydrogen-bond donors (Lipinski definition) is 1. The molecule has 1 aromatic rings. The van der Waals surface area contributed by atoms with Crippen LogP contribution in [0, 0.1) is 19.7 Å². The van der Waals surface area contributed by atoms with Crippen LogP contribution in [0.1, 0.15) is 11.1 Å². The van der Waals surface area contributed by atoms with Crippen molar-refractivity contribution < 1.29 is 21.2 Å². The Bertz CT molecular complexity index is 758. The minimum absolute atomic E-state index is 0.0857. The zero-order chi connectivity index (χ0) is 16.6. The molecule has 9 heteroatoms. The zero-order valence-corrected chi connectivity index (χ0v) is 14.0. The predicted molar refractivity (Wildman–Crippen MR) is 79.8 cm³/mol. The maximum absolute atomic E-state index is 13.5. The second-order valence-corrected chi connectivity index (χ2v) is 9.24. The van der Waals surface area contributed by atoms with E-state index in [-0.39, 0.29) is 34.0 Å². The monoisotopic (exact) mass is 338 g/mol. The molecule has 0 radical (unpaired) electrons. The Morgan fingerprint density at radius 2 is 1.76 bits per heavy atom. The molecule has 0 unspecified atom stereocenters. The predicted octanol–water partition coefficient (Wildman–Crippen LogP) is 0.690. The van der Waals surface area contributed by atoms with Gasteiger partial charge in [-0.3, -0.25) is 0 Å². The van der Waals surface area contributed by atoms with Crippen LogP contribution in [-0.2, 0) is 19.9 Å². The van der Waals surface area contributed by atoms with Crippen molar-refractivity contribution in [2.24, 2.45) is 0 Å². The number of aryl methyl sites for hydroxylation is 1. The van der Waals surface area contributed by atoms with Gasteiger partial charge in [0, 0.05) is 19.8 Å². The van der Waals surface area contributed by atoms with E-state index in [4.69, 9.17) is 5.73 Å². The van der Waals surface area contributed by atoms with Gasteiger partial charge in [0.15, 0.2) is 0 Å². The van der Waals surface area contributed by atoms with E-state index in [1.807, 2.05) is 0 Å². The quantitative estimate of drug-likeness (QED) is 0.797. The molecule has 120 valence electrons. The summed E-state index contributed by atoms with van der Waals surface area (Å²) < 4.78 is 61.7. The minimum Gasteiger partial charge on any atom is -0.396 e. The molecule has 2 N–H and O–H groups in total. The lowest BCUT2D eigenvalue weighted by Crippen LogP contribution is -2.32. The topological polar surface area (TPSA) is 97.5 Å². The number of halogens is 1. The van der Waals surface area contributed by atoms with Crippen molar-refractivity contribution in [2.45, 2.75) is 18.7 Å². The maximum Gasteiger partial charge on any atom is 0.243 e. The van der Waals surface area contributed by atoms with Gasteiger partial charge in [0.05, 0.1) is 16.3 Å². The third-order valence-corrected chi connectivity index (χ3v) is 6.22. The van der Waals surface area contributed by atoms with Crippen molar-refractivity contribution in [3.05, 3.63) is 23.0 Å². The molecule has 0 aromatic heterocycles. The first-order chi connectivity index (χ1) is 9.38. The number of nitrogens with two attached hydrogens (primary N) is 1. The molecule has 0 saturated carbocycles. The largest absolute Gasteiger partial charge is 0.396 e. The second kappa shape index (κ2) is 5.90. The summed E-state index contributed by atoms with van der Waals surface area (Å²) in [5.74, 6) is -0.972. The molecule has 0 aliphatic rings. The summed E-state index contributed by atoms with van der Waals surface area (Å²) in [5.41, 5.74) is 5.66. The van der Waals surface area contributed by atoms with Crippen LogP contribution in [0.4, 0.5) is 10.1 Å². The Morgan fingerprint density at radius 1 is 1.24 bits per heavy atom. The number of sulfone groups is 1. The smallest absolute Gasteiger partial charge is 0.243 e. The lowest BCUT2D eigenvalue weighted by atomic mass is 10.1. The van der Waals surface area contributed by atoms with Crippen LogP contribution in [0.15, 0.2) is 11.0 Å². The molecule has 0 bridgehead atoms.